The Morgan fingerprint density at radius 2 is 2.54 bits per heavy atom. The molecule has 0 radical (unpaired) electrons. The van der Waals surface area contributed by atoms with Gasteiger partial charge in [-0.25, -0.2) is 0 Å². The van der Waals surface area contributed by atoms with E-state index in [1.807, 2.05) is 13.1 Å². The lowest BCUT2D eigenvalue weighted by Gasteiger charge is -1.97. The minimum atomic E-state index is -0.706. The fourth-order valence-electron chi connectivity index (χ4n) is 1.59. The molecule has 0 aromatic carbocycles. The van der Waals surface area contributed by atoms with E-state index in [9.17, 15) is 4.79 Å². The molecule has 2 rings (SSSR count). The summed E-state index contributed by atoms with van der Waals surface area (Å²) in [6.07, 6.45) is 0.737. The fourth-order valence-corrected chi connectivity index (χ4v) is 2.06. The van der Waals surface area contributed by atoms with Crippen molar-refractivity contribution in [1.29, 1.82) is 0 Å². The van der Waals surface area contributed by atoms with Crippen LogP contribution >= 0.6 is 15.9 Å². The van der Waals surface area contributed by atoms with Crippen molar-refractivity contribution in [2.75, 3.05) is 0 Å². The molecular weight excluding hydrogens is 236 g/mol. The molecule has 1 aromatic heterocycles. The smallest absolute Gasteiger partial charge is 0.307 e. The number of hydrogen-bond acceptors (Lipinski definition) is 2. The summed E-state index contributed by atoms with van der Waals surface area (Å²) < 4.78 is 2.50. The van der Waals surface area contributed by atoms with Gasteiger partial charge in [0.25, 0.3) is 0 Å². The first kappa shape index (κ1) is 8.74. The lowest BCUT2D eigenvalue weighted by molar-refractivity contribution is -0.138. The molecule has 0 amide bonds. The van der Waals surface area contributed by atoms with Gasteiger partial charge in [-0.05, 0) is 28.4 Å². The summed E-state index contributed by atoms with van der Waals surface area (Å²) in [6, 6.07) is 1.88. The van der Waals surface area contributed by atoms with Crippen LogP contribution in [0.1, 0.15) is 18.0 Å². The van der Waals surface area contributed by atoms with E-state index in [4.69, 9.17) is 5.11 Å². The zero-order valence-corrected chi connectivity index (χ0v) is 8.65. The first-order valence-corrected chi connectivity index (χ1v) is 4.81. The van der Waals surface area contributed by atoms with Gasteiger partial charge in [0.05, 0.1) is 5.92 Å². The number of carboxylic acids is 1. The molecule has 1 heterocycles. The molecule has 0 aliphatic heterocycles. The first-order valence-electron chi connectivity index (χ1n) is 4.02. The molecule has 1 aliphatic carbocycles. The highest BCUT2D eigenvalue weighted by Crippen LogP contribution is 2.47. The number of halogens is 1. The standard InChI is InChI=1S/C8H9BrN2O2/c1-11-6(3-7(9)10-11)4-2-5(4)8(12)13/h3-5H,2H2,1H3,(H,12,13)/t4-,5-/m1/s1. The maximum atomic E-state index is 10.6. The SMILES string of the molecule is Cn1nc(Br)cc1[C@@H]1C[C@H]1C(=O)O. The molecule has 1 saturated carbocycles. The average molecular weight is 245 g/mol. The fraction of sp³-hybridized carbons (Fsp3) is 0.500. The number of aromatic nitrogens is 2. The van der Waals surface area contributed by atoms with Gasteiger partial charge in [0.2, 0.25) is 0 Å². The molecule has 70 valence electrons. The number of aliphatic carboxylic acids is 1. The van der Waals surface area contributed by atoms with Gasteiger partial charge in [0.15, 0.2) is 0 Å². The van der Waals surface area contributed by atoms with Crippen LogP contribution in [0.4, 0.5) is 0 Å². The Kier molecular flexibility index (Phi) is 1.91. The van der Waals surface area contributed by atoms with E-state index in [0.29, 0.717) is 0 Å². The highest BCUT2D eigenvalue weighted by Gasteiger charge is 2.45. The van der Waals surface area contributed by atoms with Crippen LogP contribution in [-0.2, 0) is 11.8 Å². The molecule has 13 heavy (non-hydrogen) atoms. The molecule has 0 bridgehead atoms. The summed E-state index contributed by atoms with van der Waals surface area (Å²) in [6.45, 7) is 0. The van der Waals surface area contributed by atoms with E-state index in [-0.39, 0.29) is 11.8 Å². The van der Waals surface area contributed by atoms with Gasteiger partial charge in [-0.2, -0.15) is 5.10 Å². The summed E-state index contributed by atoms with van der Waals surface area (Å²) in [5, 5.41) is 12.8. The minimum absolute atomic E-state index is 0.154. The molecule has 0 saturated heterocycles. The second-order valence-electron chi connectivity index (χ2n) is 3.30. The van der Waals surface area contributed by atoms with Gasteiger partial charge in [0, 0.05) is 18.7 Å². The predicted octanol–water partition coefficient (Wildman–Crippen LogP) is 1.37. The van der Waals surface area contributed by atoms with E-state index in [0.717, 1.165) is 16.7 Å². The van der Waals surface area contributed by atoms with Crippen LogP contribution in [0.25, 0.3) is 0 Å². The monoisotopic (exact) mass is 244 g/mol. The molecule has 1 fully saturated rings. The lowest BCUT2D eigenvalue weighted by Crippen LogP contribution is -2.02. The number of carbonyl (C=O) groups is 1. The number of hydrogen-bond donors (Lipinski definition) is 1. The molecule has 5 heteroatoms. The van der Waals surface area contributed by atoms with E-state index in [2.05, 4.69) is 21.0 Å². The molecule has 1 N–H and O–H groups in total. The largest absolute Gasteiger partial charge is 0.481 e. The van der Waals surface area contributed by atoms with E-state index in [1.165, 1.54) is 0 Å². The summed E-state index contributed by atoms with van der Waals surface area (Å²) in [4.78, 5) is 10.6. The van der Waals surface area contributed by atoms with Gasteiger partial charge >= 0.3 is 5.97 Å². The summed E-state index contributed by atoms with van der Waals surface area (Å²) >= 11 is 3.26. The summed E-state index contributed by atoms with van der Waals surface area (Å²) in [7, 11) is 1.83. The van der Waals surface area contributed by atoms with Crippen LogP contribution < -0.4 is 0 Å². The molecule has 0 spiro atoms. The van der Waals surface area contributed by atoms with Gasteiger partial charge in [-0.3, -0.25) is 9.48 Å². The van der Waals surface area contributed by atoms with Crippen LogP contribution in [0.15, 0.2) is 10.7 Å². The zero-order chi connectivity index (χ0) is 9.59. The third kappa shape index (κ3) is 1.48. The minimum Gasteiger partial charge on any atom is -0.481 e. The molecule has 2 atom stereocenters. The van der Waals surface area contributed by atoms with Crippen LogP contribution in [0.3, 0.4) is 0 Å². The quantitative estimate of drug-likeness (QED) is 0.856. The van der Waals surface area contributed by atoms with Crippen molar-refractivity contribution in [2.24, 2.45) is 13.0 Å². The second-order valence-corrected chi connectivity index (χ2v) is 4.11. The maximum Gasteiger partial charge on any atom is 0.307 e. The second kappa shape index (κ2) is 2.83. The third-order valence-electron chi connectivity index (χ3n) is 2.37. The van der Waals surface area contributed by atoms with Gasteiger partial charge in [0.1, 0.15) is 4.60 Å². The number of rotatable bonds is 2. The van der Waals surface area contributed by atoms with E-state index in [1.54, 1.807) is 4.68 Å². The molecule has 4 nitrogen and oxygen atoms in total. The normalized spacial score (nSPS) is 26.0. The number of carboxylic acid groups (broad SMARTS) is 1. The van der Waals surface area contributed by atoms with Gasteiger partial charge in [-0.15, -0.1) is 0 Å². The number of nitrogens with zero attached hydrogens (tertiary/aromatic N) is 2. The molecular formula is C8H9BrN2O2. The summed E-state index contributed by atoms with van der Waals surface area (Å²) in [5.74, 6) is -0.758. The van der Waals surface area contributed by atoms with Gasteiger partial charge < -0.3 is 5.11 Å². The van der Waals surface area contributed by atoms with Crippen molar-refractivity contribution in [2.45, 2.75) is 12.3 Å². The topological polar surface area (TPSA) is 55.1 Å². The highest BCUT2D eigenvalue weighted by molar-refractivity contribution is 9.10. The Balaban J connectivity index is 2.20. The van der Waals surface area contributed by atoms with Crippen molar-refractivity contribution < 1.29 is 9.90 Å². The van der Waals surface area contributed by atoms with E-state index >= 15 is 0 Å². The van der Waals surface area contributed by atoms with Crippen LogP contribution in [-0.4, -0.2) is 20.9 Å². The molecule has 1 aliphatic rings. The lowest BCUT2D eigenvalue weighted by atomic mass is 10.2. The molecule has 1 aromatic rings. The first-order chi connectivity index (χ1) is 6.09. The Labute approximate surface area is 83.7 Å². The van der Waals surface area contributed by atoms with Gasteiger partial charge in [-0.1, -0.05) is 0 Å². The van der Waals surface area contributed by atoms with Crippen molar-refractivity contribution in [1.82, 2.24) is 9.78 Å². The van der Waals surface area contributed by atoms with Crippen molar-refractivity contribution in [3.8, 4) is 0 Å². The van der Waals surface area contributed by atoms with Crippen molar-refractivity contribution in [3.63, 3.8) is 0 Å². The average Bonchev–Trinajstić information content (AvgIpc) is 2.73. The Morgan fingerprint density at radius 1 is 1.85 bits per heavy atom. The summed E-state index contributed by atoms with van der Waals surface area (Å²) in [5.41, 5.74) is 0.999. The van der Waals surface area contributed by atoms with Crippen molar-refractivity contribution >= 4 is 21.9 Å². The van der Waals surface area contributed by atoms with Crippen LogP contribution in [0.5, 0.6) is 0 Å². The third-order valence-corrected chi connectivity index (χ3v) is 2.76. The Hall–Kier alpha value is -0.840. The van der Waals surface area contributed by atoms with E-state index < -0.39 is 5.97 Å². The van der Waals surface area contributed by atoms with Crippen LogP contribution in [0, 0.1) is 5.92 Å². The molecule has 0 unspecified atom stereocenters. The highest BCUT2D eigenvalue weighted by atomic mass is 79.9. The Morgan fingerprint density at radius 3 is 2.92 bits per heavy atom. The predicted molar refractivity (Wildman–Crippen MR) is 49.4 cm³/mol. The maximum absolute atomic E-state index is 10.6. The zero-order valence-electron chi connectivity index (χ0n) is 7.07. The van der Waals surface area contributed by atoms with Crippen LogP contribution in [0.2, 0.25) is 0 Å². The number of aryl methyl sites for hydroxylation is 1. The Bertz CT molecular complexity index is 361. The van der Waals surface area contributed by atoms with Crippen molar-refractivity contribution in [3.05, 3.63) is 16.4 Å².